The summed E-state index contributed by atoms with van der Waals surface area (Å²) in [6, 6.07) is 9.76. The van der Waals surface area contributed by atoms with Gasteiger partial charge in [-0.2, -0.15) is 0 Å². The number of nitrogens with one attached hydrogen (secondary N) is 1. The van der Waals surface area contributed by atoms with Crippen molar-refractivity contribution in [1.29, 1.82) is 0 Å². The van der Waals surface area contributed by atoms with E-state index in [-0.39, 0.29) is 5.41 Å². The van der Waals surface area contributed by atoms with Gasteiger partial charge in [-0.25, -0.2) is 0 Å². The van der Waals surface area contributed by atoms with Crippen molar-refractivity contribution in [2.75, 3.05) is 12.3 Å². The highest BCUT2D eigenvalue weighted by Crippen LogP contribution is 2.32. The summed E-state index contributed by atoms with van der Waals surface area (Å²) >= 11 is 1.95. The van der Waals surface area contributed by atoms with Gasteiger partial charge in [0.1, 0.15) is 0 Å². The highest BCUT2D eigenvalue weighted by molar-refractivity contribution is 7.99. The molecule has 0 heterocycles. The summed E-state index contributed by atoms with van der Waals surface area (Å²) in [6.45, 7) is 10.2. The van der Waals surface area contributed by atoms with Crippen LogP contribution in [0.15, 0.2) is 29.2 Å². The van der Waals surface area contributed by atoms with E-state index in [4.69, 9.17) is 0 Å². The van der Waals surface area contributed by atoms with Crippen molar-refractivity contribution in [2.24, 2.45) is 5.92 Å². The lowest BCUT2D eigenvalue weighted by molar-refractivity contribution is 0.514. The van der Waals surface area contributed by atoms with E-state index in [1.165, 1.54) is 23.3 Å². The first-order valence-corrected chi connectivity index (χ1v) is 8.42. The van der Waals surface area contributed by atoms with Crippen LogP contribution in [0.3, 0.4) is 0 Å². The Kier molecular flexibility index (Phi) is 4.97. The summed E-state index contributed by atoms with van der Waals surface area (Å²) < 4.78 is 0. The van der Waals surface area contributed by atoms with Gasteiger partial charge in [-0.1, -0.05) is 32.9 Å². The Morgan fingerprint density at radius 3 is 2.37 bits per heavy atom. The average molecular weight is 277 g/mol. The monoisotopic (exact) mass is 277 g/mol. The van der Waals surface area contributed by atoms with Crippen LogP contribution in [0.4, 0.5) is 0 Å². The van der Waals surface area contributed by atoms with Crippen molar-refractivity contribution < 1.29 is 0 Å². The third kappa shape index (κ3) is 4.85. The van der Waals surface area contributed by atoms with Gasteiger partial charge in [0, 0.05) is 23.2 Å². The standard InChI is InChI=1S/C17H27NS/c1-13(14-5-6-14)18-11-12-19-16-9-7-15(8-10-16)17(2,3)4/h7-10,13-14,18H,5-6,11-12H2,1-4H3. The summed E-state index contributed by atoms with van der Waals surface area (Å²) in [5.74, 6) is 2.11. The van der Waals surface area contributed by atoms with Gasteiger partial charge >= 0.3 is 0 Å². The van der Waals surface area contributed by atoms with Crippen LogP contribution in [0.5, 0.6) is 0 Å². The maximum Gasteiger partial charge on any atom is 0.0106 e. The summed E-state index contributed by atoms with van der Waals surface area (Å²) in [6.07, 6.45) is 2.85. The normalized spacial score (nSPS) is 17.5. The van der Waals surface area contributed by atoms with E-state index in [0.29, 0.717) is 6.04 Å². The largest absolute Gasteiger partial charge is 0.313 e. The molecule has 0 bridgehead atoms. The molecule has 1 nitrogen and oxygen atoms in total. The summed E-state index contributed by atoms with van der Waals surface area (Å²) in [7, 11) is 0. The van der Waals surface area contributed by atoms with Crippen molar-refractivity contribution in [3.63, 3.8) is 0 Å². The summed E-state index contributed by atoms with van der Waals surface area (Å²) in [5.41, 5.74) is 1.67. The zero-order chi connectivity index (χ0) is 13.9. The Balaban J connectivity index is 1.70. The minimum Gasteiger partial charge on any atom is -0.313 e. The molecular weight excluding hydrogens is 250 g/mol. The first-order valence-electron chi connectivity index (χ1n) is 7.43. The van der Waals surface area contributed by atoms with E-state index in [0.717, 1.165) is 18.2 Å². The van der Waals surface area contributed by atoms with Crippen LogP contribution in [0.2, 0.25) is 0 Å². The molecule has 1 saturated carbocycles. The van der Waals surface area contributed by atoms with Gasteiger partial charge in [-0.15, -0.1) is 11.8 Å². The van der Waals surface area contributed by atoms with Crippen LogP contribution in [0.1, 0.15) is 46.1 Å². The second-order valence-electron chi connectivity index (χ2n) is 6.70. The molecule has 2 heteroatoms. The Labute approximate surface area is 122 Å². The fourth-order valence-electron chi connectivity index (χ4n) is 2.27. The molecular formula is C17H27NS. The second kappa shape index (κ2) is 6.32. The fourth-order valence-corrected chi connectivity index (χ4v) is 3.05. The van der Waals surface area contributed by atoms with Crippen molar-refractivity contribution in [2.45, 2.75) is 56.9 Å². The summed E-state index contributed by atoms with van der Waals surface area (Å²) in [5, 5.41) is 3.63. The van der Waals surface area contributed by atoms with E-state index >= 15 is 0 Å². The molecule has 106 valence electrons. The Morgan fingerprint density at radius 1 is 1.21 bits per heavy atom. The molecule has 19 heavy (non-hydrogen) atoms. The molecule has 0 saturated heterocycles. The van der Waals surface area contributed by atoms with E-state index in [1.807, 2.05) is 11.8 Å². The minimum atomic E-state index is 0.254. The molecule has 2 rings (SSSR count). The van der Waals surface area contributed by atoms with Gasteiger partial charge in [0.05, 0.1) is 0 Å². The van der Waals surface area contributed by atoms with Crippen LogP contribution < -0.4 is 5.32 Å². The third-order valence-corrected chi connectivity index (χ3v) is 4.90. The SMILES string of the molecule is CC(NCCSc1ccc(C(C)(C)C)cc1)C1CC1. The second-order valence-corrected chi connectivity index (χ2v) is 7.87. The molecule has 0 aromatic heterocycles. The fraction of sp³-hybridized carbons (Fsp3) is 0.647. The van der Waals surface area contributed by atoms with Crippen molar-refractivity contribution in [1.82, 2.24) is 5.32 Å². The molecule has 1 unspecified atom stereocenters. The quantitative estimate of drug-likeness (QED) is 0.608. The molecule has 1 aromatic rings. The van der Waals surface area contributed by atoms with Crippen molar-refractivity contribution in [3.8, 4) is 0 Å². The third-order valence-electron chi connectivity index (χ3n) is 3.89. The molecule has 1 aliphatic rings. The van der Waals surface area contributed by atoms with Gasteiger partial charge in [0.2, 0.25) is 0 Å². The zero-order valence-electron chi connectivity index (χ0n) is 12.7. The average Bonchev–Trinajstić information content (AvgIpc) is 3.18. The van der Waals surface area contributed by atoms with Crippen LogP contribution in [0.25, 0.3) is 0 Å². The molecule has 0 aliphatic heterocycles. The minimum absolute atomic E-state index is 0.254. The predicted octanol–water partition coefficient (Wildman–Crippen LogP) is 4.46. The topological polar surface area (TPSA) is 12.0 Å². The van der Waals surface area contributed by atoms with E-state index in [2.05, 4.69) is 57.3 Å². The van der Waals surface area contributed by atoms with Crippen LogP contribution in [-0.2, 0) is 5.41 Å². The highest BCUT2D eigenvalue weighted by atomic mass is 32.2. The Hall–Kier alpha value is -0.470. The van der Waals surface area contributed by atoms with Gasteiger partial charge in [-0.05, 0) is 48.8 Å². The highest BCUT2D eigenvalue weighted by Gasteiger charge is 2.27. The van der Waals surface area contributed by atoms with E-state index in [1.54, 1.807) is 0 Å². The molecule has 1 atom stereocenters. The van der Waals surface area contributed by atoms with E-state index < -0.39 is 0 Å². The molecule has 0 radical (unpaired) electrons. The summed E-state index contributed by atoms with van der Waals surface area (Å²) in [4.78, 5) is 1.38. The van der Waals surface area contributed by atoms with Crippen LogP contribution >= 0.6 is 11.8 Å². The smallest absolute Gasteiger partial charge is 0.0106 e. The molecule has 0 amide bonds. The van der Waals surface area contributed by atoms with E-state index in [9.17, 15) is 0 Å². The number of thioether (sulfide) groups is 1. The lowest BCUT2D eigenvalue weighted by atomic mass is 9.87. The number of benzene rings is 1. The molecule has 0 spiro atoms. The van der Waals surface area contributed by atoms with Crippen molar-refractivity contribution >= 4 is 11.8 Å². The lowest BCUT2D eigenvalue weighted by Gasteiger charge is -2.19. The number of hydrogen-bond donors (Lipinski definition) is 1. The molecule has 1 aromatic carbocycles. The van der Waals surface area contributed by atoms with Gasteiger partial charge in [0.15, 0.2) is 0 Å². The zero-order valence-corrected chi connectivity index (χ0v) is 13.5. The van der Waals surface area contributed by atoms with Crippen LogP contribution in [0, 0.1) is 5.92 Å². The number of hydrogen-bond acceptors (Lipinski definition) is 2. The molecule has 1 fully saturated rings. The van der Waals surface area contributed by atoms with Gasteiger partial charge in [0.25, 0.3) is 0 Å². The van der Waals surface area contributed by atoms with Gasteiger partial charge < -0.3 is 5.32 Å². The maximum absolute atomic E-state index is 3.63. The number of rotatable bonds is 6. The Bertz CT molecular complexity index is 387. The predicted molar refractivity (Wildman–Crippen MR) is 86.1 cm³/mol. The van der Waals surface area contributed by atoms with Crippen LogP contribution in [-0.4, -0.2) is 18.3 Å². The molecule has 1 aliphatic carbocycles. The molecule has 1 N–H and O–H groups in total. The first-order chi connectivity index (χ1) is 8.97. The van der Waals surface area contributed by atoms with Gasteiger partial charge in [-0.3, -0.25) is 0 Å². The Morgan fingerprint density at radius 2 is 1.84 bits per heavy atom. The first kappa shape index (κ1) is 14.9. The maximum atomic E-state index is 3.63. The lowest BCUT2D eigenvalue weighted by Crippen LogP contribution is -2.29. The van der Waals surface area contributed by atoms with Crippen molar-refractivity contribution in [3.05, 3.63) is 29.8 Å².